The van der Waals surface area contributed by atoms with E-state index in [-0.39, 0.29) is 12.1 Å². The summed E-state index contributed by atoms with van der Waals surface area (Å²) >= 11 is 2.24. The summed E-state index contributed by atoms with van der Waals surface area (Å²) in [5.41, 5.74) is 0. The summed E-state index contributed by atoms with van der Waals surface area (Å²) in [6.07, 6.45) is 5.41. The van der Waals surface area contributed by atoms with Crippen molar-refractivity contribution in [3.63, 3.8) is 0 Å². The first kappa shape index (κ1) is 9.03. The van der Waals surface area contributed by atoms with Crippen LogP contribution < -0.4 is 0 Å². The van der Waals surface area contributed by atoms with E-state index >= 15 is 0 Å². The van der Waals surface area contributed by atoms with Gasteiger partial charge in [0.1, 0.15) is 6.10 Å². The Morgan fingerprint density at radius 3 is 3.09 bits per heavy atom. The van der Waals surface area contributed by atoms with E-state index in [0.717, 1.165) is 19.3 Å². The molecule has 0 spiro atoms. The standard InChI is InChI=1S/C8H11IO2/c1-6(10)11-8-5-3-2-4-7(8)9/h4,8H,2-3,5H2,1H3/t8-/m0/s1. The van der Waals surface area contributed by atoms with Crippen molar-refractivity contribution in [1.82, 2.24) is 0 Å². The summed E-state index contributed by atoms with van der Waals surface area (Å²) < 4.78 is 6.26. The third kappa shape index (κ3) is 2.81. The van der Waals surface area contributed by atoms with Gasteiger partial charge in [-0.25, -0.2) is 0 Å². The van der Waals surface area contributed by atoms with Crippen molar-refractivity contribution in [1.29, 1.82) is 0 Å². The lowest BCUT2D eigenvalue weighted by Gasteiger charge is -2.19. The molecule has 0 unspecified atom stereocenters. The zero-order chi connectivity index (χ0) is 8.27. The fourth-order valence-corrected chi connectivity index (χ4v) is 1.88. The lowest BCUT2D eigenvalue weighted by molar-refractivity contribution is -0.144. The molecule has 3 heteroatoms. The Balaban J connectivity index is 2.50. The molecule has 0 saturated carbocycles. The van der Waals surface area contributed by atoms with Gasteiger partial charge in [-0.3, -0.25) is 4.79 Å². The summed E-state index contributed by atoms with van der Waals surface area (Å²) in [5, 5.41) is 0. The van der Waals surface area contributed by atoms with E-state index in [1.807, 2.05) is 0 Å². The Morgan fingerprint density at radius 2 is 2.55 bits per heavy atom. The minimum absolute atomic E-state index is 0.0434. The van der Waals surface area contributed by atoms with Crippen molar-refractivity contribution >= 4 is 28.6 Å². The monoisotopic (exact) mass is 266 g/mol. The van der Waals surface area contributed by atoms with Crippen LogP contribution in [-0.2, 0) is 9.53 Å². The minimum atomic E-state index is -0.181. The molecule has 0 radical (unpaired) electrons. The molecule has 62 valence electrons. The second-order valence-corrected chi connectivity index (χ2v) is 3.86. The number of halogens is 1. The number of hydrogen-bond acceptors (Lipinski definition) is 2. The molecule has 11 heavy (non-hydrogen) atoms. The van der Waals surface area contributed by atoms with Gasteiger partial charge in [0.2, 0.25) is 0 Å². The Morgan fingerprint density at radius 1 is 1.82 bits per heavy atom. The van der Waals surface area contributed by atoms with Crippen LogP contribution in [0.25, 0.3) is 0 Å². The summed E-state index contributed by atoms with van der Waals surface area (Å²) in [5.74, 6) is -0.181. The molecule has 0 bridgehead atoms. The van der Waals surface area contributed by atoms with Gasteiger partial charge >= 0.3 is 5.97 Å². The zero-order valence-corrected chi connectivity index (χ0v) is 8.63. The normalized spacial score (nSPS) is 24.2. The molecule has 0 fully saturated rings. The number of hydrogen-bond donors (Lipinski definition) is 0. The van der Waals surface area contributed by atoms with E-state index in [4.69, 9.17) is 4.74 Å². The van der Waals surface area contributed by atoms with Gasteiger partial charge in [-0.2, -0.15) is 0 Å². The maximum atomic E-state index is 10.6. The van der Waals surface area contributed by atoms with E-state index < -0.39 is 0 Å². The van der Waals surface area contributed by atoms with Crippen LogP contribution in [0.5, 0.6) is 0 Å². The van der Waals surface area contributed by atoms with E-state index in [2.05, 4.69) is 28.7 Å². The highest BCUT2D eigenvalue weighted by molar-refractivity contribution is 14.1. The summed E-state index contributed by atoms with van der Waals surface area (Å²) in [6.45, 7) is 1.46. The predicted molar refractivity (Wildman–Crippen MR) is 51.5 cm³/mol. The first-order valence-electron chi connectivity index (χ1n) is 3.73. The van der Waals surface area contributed by atoms with Crippen LogP contribution in [0.1, 0.15) is 26.2 Å². The number of ether oxygens (including phenoxy) is 1. The molecule has 0 aromatic heterocycles. The predicted octanol–water partition coefficient (Wildman–Crippen LogP) is 2.42. The smallest absolute Gasteiger partial charge is 0.303 e. The van der Waals surface area contributed by atoms with Crippen molar-refractivity contribution in [3.05, 3.63) is 9.66 Å². The highest BCUT2D eigenvalue weighted by Crippen LogP contribution is 2.25. The van der Waals surface area contributed by atoms with Gasteiger partial charge in [0.25, 0.3) is 0 Å². The number of carbonyl (C=O) groups is 1. The Kier molecular flexibility index (Phi) is 3.36. The number of allylic oxidation sites excluding steroid dienone is 1. The van der Waals surface area contributed by atoms with Gasteiger partial charge in [-0.05, 0) is 41.9 Å². The maximum Gasteiger partial charge on any atom is 0.303 e. The lowest BCUT2D eigenvalue weighted by Crippen LogP contribution is -2.18. The van der Waals surface area contributed by atoms with Gasteiger partial charge in [0.15, 0.2) is 0 Å². The van der Waals surface area contributed by atoms with Gasteiger partial charge < -0.3 is 4.74 Å². The highest BCUT2D eigenvalue weighted by Gasteiger charge is 2.17. The molecular formula is C8H11IO2. The molecule has 1 aliphatic rings. The van der Waals surface area contributed by atoms with Crippen molar-refractivity contribution < 1.29 is 9.53 Å². The summed E-state index contributed by atoms with van der Waals surface area (Å²) in [7, 11) is 0. The van der Waals surface area contributed by atoms with Crippen LogP contribution >= 0.6 is 22.6 Å². The van der Waals surface area contributed by atoms with Gasteiger partial charge in [-0.15, -0.1) is 0 Å². The Hall–Kier alpha value is -0.0600. The van der Waals surface area contributed by atoms with Crippen LogP contribution in [0.2, 0.25) is 0 Å². The fourth-order valence-electron chi connectivity index (χ4n) is 1.13. The van der Waals surface area contributed by atoms with Crippen LogP contribution in [0.15, 0.2) is 9.66 Å². The quantitative estimate of drug-likeness (QED) is 0.538. The topological polar surface area (TPSA) is 26.3 Å². The molecule has 0 amide bonds. The second kappa shape index (κ2) is 4.09. The second-order valence-electron chi connectivity index (χ2n) is 2.62. The molecule has 0 aromatic carbocycles. The molecule has 0 N–H and O–H groups in total. The fraction of sp³-hybridized carbons (Fsp3) is 0.625. The molecule has 1 aliphatic carbocycles. The van der Waals surface area contributed by atoms with Crippen molar-refractivity contribution in [2.45, 2.75) is 32.3 Å². The van der Waals surface area contributed by atoms with Crippen LogP contribution in [0.4, 0.5) is 0 Å². The largest absolute Gasteiger partial charge is 0.457 e. The first-order chi connectivity index (χ1) is 5.20. The number of esters is 1. The molecule has 0 aromatic rings. The molecule has 0 aliphatic heterocycles. The van der Waals surface area contributed by atoms with Crippen molar-refractivity contribution in [3.8, 4) is 0 Å². The molecule has 1 rings (SSSR count). The van der Waals surface area contributed by atoms with E-state index in [1.54, 1.807) is 0 Å². The highest BCUT2D eigenvalue weighted by atomic mass is 127. The third-order valence-corrected chi connectivity index (χ3v) is 2.76. The van der Waals surface area contributed by atoms with Crippen LogP contribution in [0, 0.1) is 0 Å². The summed E-state index contributed by atoms with van der Waals surface area (Å²) in [4.78, 5) is 10.6. The SMILES string of the molecule is CC(=O)O[C@H]1CCCC=C1I. The van der Waals surface area contributed by atoms with Gasteiger partial charge in [0.05, 0.1) is 0 Å². The lowest BCUT2D eigenvalue weighted by atomic mass is 10.1. The maximum absolute atomic E-state index is 10.6. The molecular weight excluding hydrogens is 255 g/mol. The Bertz CT molecular complexity index is 187. The first-order valence-corrected chi connectivity index (χ1v) is 4.81. The Labute approximate surface area is 80.1 Å². The van der Waals surface area contributed by atoms with Crippen molar-refractivity contribution in [2.75, 3.05) is 0 Å². The molecule has 0 heterocycles. The van der Waals surface area contributed by atoms with Gasteiger partial charge in [0, 0.05) is 10.5 Å². The number of rotatable bonds is 1. The molecule has 2 nitrogen and oxygen atoms in total. The van der Waals surface area contributed by atoms with E-state index in [1.165, 1.54) is 10.5 Å². The van der Waals surface area contributed by atoms with Crippen molar-refractivity contribution in [2.24, 2.45) is 0 Å². The zero-order valence-electron chi connectivity index (χ0n) is 6.47. The molecule has 0 saturated heterocycles. The van der Waals surface area contributed by atoms with Gasteiger partial charge in [-0.1, -0.05) is 6.08 Å². The molecule has 1 atom stereocenters. The average Bonchev–Trinajstić information content (AvgIpc) is 1.93. The third-order valence-electron chi connectivity index (χ3n) is 1.63. The van der Waals surface area contributed by atoms with Crippen LogP contribution in [-0.4, -0.2) is 12.1 Å². The summed E-state index contributed by atoms with van der Waals surface area (Å²) in [6, 6.07) is 0. The number of carbonyl (C=O) groups excluding carboxylic acids is 1. The van der Waals surface area contributed by atoms with Crippen LogP contribution in [0.3, 0.4) is 0 Å². The average molecular weight is 266 g/mol. The van der Waals surface area contributed by atoms with E-state index in [9.17, 15) is 4.79 Å². The minimum Gasteiger partial charge on any atom is -0.457 e. The van der Waals surface area contributed by atoms with E-state index in [0.29, 0.717) is 0 Å².